The van der Waals surface area contributed by atoms with E-state index in [0.717, 1.165) is 55.1 Å². The van der Waals surface area contributed by atoms with Crippen LogP contribution in [-0.4, -0.2) is 78.4 Å². The van der Waals surface area contributed by atoms with Crippen LogP contribution < -0.4 is 10.6 Å². The lowest BCUT2D eigenvalue weighted by molar-refractivity contribution is -0.137. The van der Waals surface area contributed by atoms with Crippen LogP contribution in [0.15, 0.2) is 42.5 Å². The molecule has 3 amide bonds. The van der Waals surface area contributed by atoms with E-state index in [1.54, 1.807) is 20.2 Å². The third-order valence-electron chi connectivity index (χ3n) is 8.13. The molecule has 8 nitrogen and oxygen atoms in total. The highest BCUT2D eigenvalue weighted by Gasteiger charge is 2.39. The van der Waals surface area contributed by atoms with Gasteiger partial charge < -0.3 is 20.6 Å². The molecule has 0 radical (unpaired) electrons. The molecule has 0 unspecified atom stereocenters. The maximum Gasteiger partial charge on any atom is 0.416 e. The molecular formula is C30H37F3N4O4. The van der Waals surface area contributed by atoms with Gasteiger partial charge in [-0.2, -0.15) is 13.2 Å². The topological polar surface area (TPSA) is 102 Å². The minimum absolute atomic E-state index is 0.0795. The van der Waals surface area contributed by atoms with Crippen LogP contribution in [-0.2, 0) is 16.6 Å². The summed E-state index contributed by atoms with van der Waals surface area (Å²) in [6.45, 7) is 3.03. The fraction of sp³-hybridized carbons (Fsp3) is 0.500. The maximum absolute atomic E-state index is 12.9. The van der Waals surface area contributed by atoms with Gasteiger partial charge in [0.15, 0.2) is 0 Å². The zero-order valence-corrected chi connectivity index (χ0v) is 23.6. The fourth-order valence-electron chi connectivity index (χ4n) is 5.91. The number of hydrogen-bond acceptors (Lipinski definition) is 5. The first-order valence-corrected chi connectivity index (χ1v) is 13.8. The monoisotopic (exact) mass is 574 g/mol. The molecule has 41 heavy (non-hydrogen) atoms. The molecule has 11 heteroatoms. The number of rotatable bonds is 7. The van der Waals surface area contributed by atoms with E-state index in [1.165, 1.54) is 11.0 Å². The standard InChI is InChI=1S/C30H37F3N4O4/c1-19-15-21(28(40)36(2)3)7-8-25(19)29(41)12-9-24(10-13-29)37-14-11-23(18-37)35-26(38)17-34-27(39)20-5-4-6-22(16-20)30(31,32)33/h4-8,15-16,23-24,41H,9-14,17-18H2,1-3H3,(H,34,39)(H,35,38)/t23-,24?,29?/m1/s1. The Balaban J connectivity index is 1.24. The van der Waals surface area contributed by atoms with E-state index in [-0.39, 0.29) is 30.1 Å². The third-order valence-corrected chi connectivity index (χ3v) is 8.13. The van der Waals surface area contributed by atoms with E-state index in [0.29, 0.717) is 24.9 Å². The van der Waals surface area contributed by atoms with Crippen LogP contribution in [0.2, 0.25) is 0 Å². The number of hydrogen-bond donors (Lipinski definition) is 3. The smallest absolute Gasteiger partial charge is 0.385 e. The Morgan fingerprint density at radius 1 is 1.05 bits per heavy atom. The normalized spacial score (nSPS) is 23.2. The zero-order chi connectivity index (χ0) is 29.9. The Morgan fingerprint density at radius 2 is 1.76 bits per heavy atom. The first-order valence-electron chi connectivity index (χ1n) is 13.8. The molecule has 1 aliphatic carbocycles. The molecule has 1 saturated carbocycles. The highest BCUT2D eigenvalue weighted by atomic mass is 19.4. The first kappa shape index (κ1) is 30.5. The Morgan fingerprint density at radius 3 is 2.39 bits per heavy atom. The highest BCUT2D eigenvalue weighted by Crippen LogP contribution is 2.40. The van der Waals surface area contributed by atoms with Crippen molar-refractivity contribution in [3.05, 3.63) is 70.3 Å². The van der Waals surface area contributed by atoms with Crippen LogP contribution in [0.5, 0.6) is 0 Å². The predicted molar refractivity (Wildman–Crippen MR) is 147 cm³/mol. The highest BCUT2D eigenvalue weighted by molar-refractivity contribution is 5.96. The maximum atomic E-state index is 12.9. The van der Waals surface area contributed by atoms with E-state index in [2.05, 4.69) is 15.5 Å². The quantitative estimate of drug-likeness (QED) is 0.470. The van der Waals surface area contributed by atoms with Crippen molar-refractivity contribution in [3.8, 4) is 0 Å². The Kier molecular flexibility index (Phi) is 9.08. The van der Waals surface area contributed by atoms with E-state index >= 15 is 0 Å². The van der Waals surface area contributed by atoms with Crippen LogP contribution in [0.4, 0.5) is 13.2 Å². The van der Waals surface area contributed by atoms with Crippen molar-refractivity contribution in [1.29, 1.82) is 0 Å². The van der Waals surface area contributed by atoms with Gasteiger partial charge in [0.2, 0.25) is 5.91 Å². The van der Waals surface area contributed by atoms with Crippen molar-refractivity contribution in [2.45, 2.75) is 62.9 Å². The van der Waals surface area contributed by atoms with Gasteiger partial charge in [-0.3, -0.25) is 19.3 Å². The lowest BCUT2D eigenvalue weighted by Crippen LogP contribution is -2.45. The average Bonchev–Trinajstić information content (AvgIpc) is 3.39. The molecule has 3 N–H and O–H groups in total. The number of halogens is 3. The third kappa shape index (κ3) is 7.26. The van der Waals surface area contributed by atoms with Crippen molar-refractivity contribution < 1.29 is 32.7 Å². The summed E-state index contributed by atoms with van der Waals surface area (Å²) in [6, 6.07) is 9.70. The second-order valence-electron chi connectivity index (χ2n) is 11.3. The van der Waals surface area contributed by atoms with Gasteiger partial charge in [0, 0.05) is 50.4 Å². The average molecular weight is 575 g/mol. The minimum atomic E-state index is -4.56. The molecule has 222 valence electrons. The summed E-state index contributed by atoms with van der Waals surface area (Å²) in [7, 11) is 3.41. The largest absolute Gasteiger partial charge is 0.416 e. The summed E-state index contributed by atoms with van der Waals surface area (Å²) < 4.78 is 38.7. The molecule has 1 atom stereocenters. The van der Waals surface area contributed by atoms with Gasteiger partial charge in [-0.15, -0.1) is 0 Å². The summed E-state index contributed by atoms with van der Waals surface area (Å²) in [6.07, 6.45) is -1.04. The van der Waals surface area contributed by atoms with E-state index in [9.17, 15) is 32.7 Å². The minimum Gasteiger partial charge on any atom is -0.385 e. The van der Waals surface area contributed by atoms with Crippen LogP contribution in [0.3, 0.4) is 0 Å². The number of nitrogens with one attached hydrogen (secondary N) is 2. The van der Waals surface area contributed by atoms with Gasteiger partial charge in [0.1, 0.15) is 0 Å². The summed E-state index contributed by atoms with van der Waals surface area (Å²) in [5.41, 5.74) is 0.295. The van der Waals surface area contributed by atoms with Gasteiger partial charge in [-0.1, -0.05) is 12.1 Å². The fourth-order valence-corrected chi connectivity index (χ4v) is 5.91. The van der Waals surface area contributed by atoms with Crippen LogP contribution in [0.25, 0.3) is 0 Å². The number of benzene rings is 2. The lowest BCUT2D eigenvalue weighted by atomic mass is 9.75. The summed E-state index contributed by atoms with van der Waals surface area (Å²) in [4.78, 5) is 40.8. The number of carbonyl (C=O) groups is 3. The van der Waals surface area contributed by atoms with Crippen LogP contribution in [0, 0.1) is 6.92 Å². The predicted octanol–water partition coefficient (Wildman–Crippen LogP) is 3.47. The molecule has 1 aliphatic heterocycles. The van der Waals surface area contributed by atoms with Crippen LogP contribution >= 0.6 is 0 Å². The number of nitrogens with zero attached hydrogens (tertiary/aromatic N) is 2. The van der Waals surface area contributed by atoms with Gasteiger partial charge in [-0.25, -0.2) is 0 Å². The molecule has 2 fully saturated rings. The van der Waals surface area contributed by atoms with Crippen molar-refractivity contribution in [2.24, 2.45) is 0 Å². The molecule has 0 aromatic heterocycles. The molecule has 2 aliphatic rings. The van der Waals surface area contributed by atoms with E-state index in [4.69, 9.17) is 0 Å². The second kappa shape index (κ2) is 12.2. The summed E-state index contributed by atoms with van der Waals surface area (Å²) >= 11 is 0. The van der Waals surface area contributed by atoms with Gasteiger partial charge in [0.05, 0.1) is 17.7 Å². The Bertz CT molecular complexity index is 1290. The number of likely N-dealkylation sites (tertiary alicyclic amines) is 1. The zero-order valence-electron chi connectivity index (χ0n) is 23.6. The van der Waals surface area contributed by atoms with E-state index < -0.39 is 29.2 Å². The molecular weight excluding hydrogens is 537 g/mol. The Hall–Kier alpha value is -3.44. The lowest BCUT2D eigenvalue weighted by Gasteiger charge is -2.40. The van der Waals surface area contributed by atoms with Crippen molar-refractivity contribution in [1.82, 2.24) is 20.4 Å². The van der Waals surface area contributed by atoms with Crippen molar-refractivity contribution in [3.63, 3.8) is 0 Å². The molecule has 2 aromatic rings. The molecule has 0 spiro atoms. The molecule has 1 saturated heterocycles. The summed E-state index contributed by atoms with van der Waals surface area (Å²) in [5, 5.41) is 16.8. The number of alkyl halides is 3. The van der Waals surface area contributed by atoms with Gasteiger partial charge in [0.25, 0.3) is 11.8 Å². The van der Waals surface area contributed by atoms with Gasteiger partial charge in [-0.05, 0) is 80.5 Å². The Labute approximate surface area is 237 Å². The molecule has 0 bridgehead atoms. The van der Waals surface area contributed by atoms with Gasteiger partial charge >= 0.3 is 6.18 Å². The molecule has 1 heterocycles. The first-order chi connectivity index (χ1) is 19.3. The number of carbonyl (C=O) groups excluding carboxylic acids is 3. The van der Waals surface area contributed by atoms with E-state index in [1.807, 2.05) is 19.1 Å². The summed E-state index contributed by atoms with van der Waals surface area (Å²) in [5.74, 6) is -1.23. The molecule has 4 rings (SSSR count). The SMILES string of the molecule is Cc1cc(C(=O)N(C)C)ccc1C1(O)CCC(N2CC[C@@H](NC(=O)CNC(=O)c3cccc(C(F)(F)F)c3)C2)CC1. The number of amides is 3. The second-order valence-corrected chi connectivity index (χ2v) is 11.3. The van der Waals surface area contributed by atoms with Crippen molar-refractivity contribution in [2.75, 3.05) is 33.7 Å². The molecule has 2 aromatic carbocycles. The number of aryl methyl sites for hydroxylation is 1. The number of aliphatic hydroxyl groups is 1. The van der Waals surface area contributed by atoms with Crippen LogP contribution in [0.1, 0.15) is 69.5 Å². The van der Waals surface area contributed by atoms with Crippen molar-refractivity contribution >= 4 is 17.7 Å².